The molecule has 0 radical (unpaired) electrons. The van der Waals surface area contributed by atoms with Crippen molar-refractivity contribution in [1.82, 2.24) is 9.55 Å². The van der Waals surface area contributed by atoms with Crippen molar-refractivity contribution < 1.29 is 9.90 Å². The Morgan fingerprint density at radius 3 is 3.07 bits per heavy atom. The van der Waals surface area contributed by atoms with E-state index in [1.165, 1.54) is 0 Å². The van der Waals surface area contributed by atoms with Crippen molar-refractivity contribution in [1.29, 1.82) is 0 Å². The van der Waals surface area contributed by atoms with Gasteiger partial charge < -0.3 is 5.11 Å². The topological polar surface area (TPSA) is 55.1 Å². The molecule has 14 heavy (non-hydrogen) atoms. The SMILES string of the molecule is O=C(O)n1cc(CBr)c2cccnc21. The molecule has 72 valence electrons. The van der Waals surface area contributed by atoms with E-state index in [1.807, 2.05) is 6.07 Å². The van der Waals surface area contributed by atoms with Crippen molar-refractivity contribution >= 4 is 33.1 Å². The van der Waals surface area contributed by atoms with E-state index in [9.17, 15) is 4.79 Å². The van der Waals surface area contributed by atoms with Gasteiger partial charge in [0.15, 0.2) is 0 Å². The molecule has 5 heteroatoms. The average Bonchev–Trinajstić information content (AvgIpc) is 2.56. The molecule has 2 heterocycles. The van der Waals surface area contributed by atoms with E-state index in [1.54, 1.807) is 18.5 Å². The molecule has 2 aromatic heterocycles. The van der Waals surface area contributed by atoms with Crippen LogP contribution in [0.2, 0.25) is 0 Å². The van der Waals surface area contributed by atoms with Crippen LogP contribution < -0.4 is 0 Å². The summed E-state index contributed by atoms with van der Waals surface area (Å²) in [5.41, 5.74) is 1.41. The lowest BCUT2D eigenvalue weighted by molar-refractivity contribution is 0.197. The highest BCUT2D eigenvalue weighted by Gasteiger charge is 2.11. The van der Waals surface area contributed by atoms with Crippen LogP contribution in [0.4, 0.5) is 4.79 Å². The summed E-state index contributed by atoms with van der Waals surface area (Å²) in [6, 6.07) is 3.65. The summed E-state index contributed by atoms with van der Waals surface area (Å²) in [4.78, 5) is 14.9. The number of aromatic nitrogens is 2. The van der Waals surface area contributed by atoms with Crippen LogP contribution in [0.5, 0.6) is 0 Å². The molecule has 0 aromatic carbocycles. The third-order valence-corrected chi connectivity index (χ3v) is 2.60. The summed E-state index contributed by atoms with van der Waals surface area (Å²) in [6.07, 6.45) is 2.15. The molecule has 0 atom stereocenters. The predicted octanol–water partition coefficient (Wildman–Crippen LogP) is 2.46. The number of carbonyl (C=O) groups is 1. The Labute approximate surface area is 88.3 Å². The molecule has 4 nitrogen and oxygen atoms in total. The van der Waals surface area contributed by atoms with Crippen LogP contribution in [0.15, 0.2) is 24.5 Å². The summed E-state index contributed by atoms with van der Waals surface area (Å²) in [7, 11) is 0. The van der Waals surface area contributed by atoms with Gasteiger partial charge in [-0.3, -0.25) is 0 Å². The first kappa shape index (κ1) is 9.21. The molecular formula is C9H7BrN2O2. The van der Waals surface area contributed by atoms with Gasteiger partial charge >= 0.3 is 6.09 Å². The maximum absolute atomic E-state index is 10.9. The number of hydrogen-bond donors (Lipinski definition) is 1. The van der Waals surface area contributed by atoms with Crippen molar-refractivity contribution in [2.45, 2.75) is 5.33 Å². The number of fused-ring (bicyclic) bond motifs is 1. The lowest BCUT2D eigenvalue weighted by Gasteiger charge is -1.94. The second-order valence-corrected chi connectivity index (χ2v) is 3.38. The molecule has 0 aliphatic carbocycles. The first-order valence-electron chi connectivity index (χ1n) is 3.98. The summed E-state index contributed by atoms with van der Waals surface area (Å²) in [6.45, 7) is 0. The average molecular weight is 255 g/mol. The number of halogens is 1. The zero-order chi connectivity index (χ0) is 10.1. The minimum absolute atomic E-state index is 0.481. The van der Waals surface area contributed by atoms with Gasteiger partial charge in [0.25, 0.3) is 0 Å². The van der Waals surface area contributed by atoms with E-state index in [0.717, 1.165) is 15.5 Å². The smallest absolute Gasteiger partial charge is 0.417 e. The van der Waals surface area contributed by atoms with Gasteiger partial charge in [-0.1, -0.05) is 15.9 Å². The Balaban J connectivity index is 2.80. The summed E-state index contributed by atoms with van der Waals surface area (Å²) in [5, 5.41) is 10.4. The summed E-state index contributed by atoms with van der Waals surface area (Å²) in [5.74, 6) is 0. The molecule has 2 aromatic rings. The van der Waals surface area contributed by atoms with Crippen LogP contribution in [0.25, 0.3) is 11.0 Å². The van der Waals surface area contributed by atoms with Crippen molar-refractivity contribution in [2.75, 3.05) is 0 Å². The quantitative estimate of drug-likeness (QED) is 0.796. The Morgan fingerprint density at radius 2 is 2.43 bits per heavy atom. The monoisotopic (exact) mass is 254 g/mol. The molecule has 0 unspecified atom stereocenters. The van der Waals surface area contributed by atoms with Crippen LogP contribution in [0, 0.1) is 0 Å². The zero-order valence-corrected chi connectivity index (χ0v) is 8.73. The minimum atomic E-state index is -1.01. The summed E-state index contributed by atoms with van der Waals surface area (Å²) < 4.78 is 1.13. The fraction of sp³-hybridized carbons (Fsp3) is 0.111. The molecule has 0 fully saturated rings. The van der Waals surface area contributed by atoms with Gasteiger partial charge in [-0.25, -0.2) is 14.3 Å². The fourth-order valence-corrected chi connectivity index (χ4v) is 1.83. The number of carboxylic acid groups (broad SMARTS) is 1. The van der Waals surface area contributed by atoms with Crippen molar-refractivity contribution in [3.63, 3.8) is 0 Å². The van der Waals surface area contributed by atoms with Crippen LogP contribution in [-0.4, -0.2) is 20.8 Å². The molecule has 0 aliphatic rings. The highest BCUT2D eigenvalue weighted by molar-refractivity contribution is 9.08. The molecule has 0 aliphatic heterocycles. The van der Waals surface area contributed by atoms with E-state index >= 15 is 0 Å². The van der Waals surface area contributed by atoms with E-state index in [2.05, 4.69) is 20.9 Å². The molecule has 0 saturated carbocycles. The van der Waals surface area contributed by atoms with Gasteiger partial charge in [0.05, 0.1) is 0 Å². The number of hydrogen-bond acceptors (Lipinski definition) is 2. The zero-order valence-electron chi connectivity index (χ0n) is 7.14. The van der Waals surface area contributed by atoms with Crippen LogP contribution in [0.1, 0.15) is 5.56 Å². The first-order valence-corrected chi connectivity index (χ1v) is 5.10. The van der Waals surface area contributed by atoms with Gasteiger partial charge in [0.1, 0.15) is 5.65 Å². The molecule has 0 amide bonds. The second kappa shape index (κ2) is 3.42. The van der Waals surface area contributed by atoms with Gasteiger partial charge in [-0.15, -0.1) is 0 Å². The van der Waals surface area contributed by atoms with Crippen LogP contribution in [0.3, 0.4) is 0 Å². The Morgan fingerprint density at radius 1 is 1.64 bits per heavy atom. The predicted molar refractivity (Wildman–Crippen MR) is 55.8 cm³/mol. The van der Waals surface area contributed by atoms with Gasteiger partial charge in [-0.05, 0) is 17.7 Å². The molecular weight excluding hydrogens is 248 g/mol. The number of alkyl halides is 1. The molecule has 1 N–H and O–H groups in total. The van der Waals surface area contributed by atoms with Crippen LogP contribution in [-0.2, 0) is 5.33 Å². The second-order valence-electron chi connectivity index (χ2n) is 2.82. The van der Waals surface area contributed by atoms with Crippen molar-refractivity contribution in [3.8, 4) is 0 Å². The third-order valence-electron chi connectivity index (χ3n) is 2.00. The minimum Gasteiger partial charge on any atom is -0.464 e. The fourth-order valence-electron chi connectivity index (χ4n) is 1.38. The number of rotatable bonds is 1. The highest BCUT2D eigenvalue weighted by atomic mass is 79.9. The lowest BCUT2D eigenvalue weighted by Crippen LogP contribution is -2.06. The Hall–Kier alpha value is -1.36. The van der Waals surface area contributed by atoms with E-state index in [4.69, 9.17) is 5.11 Å². The van der Waals surface area contributed by atoms with Crippen molar-refractivity contribution in [3.05, 3.63) is 30.1 Å². The summed E-state index contributed by atoms with van der Waals surface area (Å²) >= 11 is 3.31. The van der Waals surface area contributed by atoms with Gasteiger partial charge in [0, 0.05) is 23.1 Å². The van der Waals surface area contributed by atoms with Crippen LogP contribution >= 0.6 is 15.9 Å². The molecule has 0 bridgehead atoms. The molecule has 0 spiro atoms. The van der Waals surface area contributed by atoms with E-state index in [0.29, 0.717) is 11.0 Å². The molecule has 0 saturated heterocycles. The Kier molecular flexibility index (Phi) is 2.25. The largest absolute Gasteiger partial charge is 0.464 e. The van der Waals surface area contributed by atoms with Gasteiger partial charge in [-0.2, -0.15) is 0 Å². The lowest BCUT2D eigenvalue weighted by atomic mass is 10.2. The van der Waals surface area contributed by atoms with E-state index < -0.39 is 6.09 Å². The first-order chi connectivity index (χ1) is 6.74. The number of pyridine rings is 1. The maximum atomic E-state index is 10.9. The standard InChI is InChI=1S/C9H7BrN2O2/c10-4-6-5-12(9(13)14)8-7(6)2-1-3-11-8/h1-3,5H,4H2,(H,13,14). The number of nitrogens with zero attached hydrogens (tertiary/aromatic N) is 2. The highest BCUT2D eigenvalue weighted by Crippen LogP contribution is 2.20. The van der Waals surface area contributed by atoms with Crippen molar-refractivity contribution in [2.24, 2.45) is 0 Å². The molecule has 2 rings (SSSR count). The normalized spacial score (nSPS) is 10.6. The Bertz CT molecular complexity index is 493. The third kappa shape index (κ3) is 1.29. The maximum Gasteiger partial charge on any atom is 0.417 e. The van der Waals surface area contributed by atoms with E-state index in [-0.39, 0.29) is 0 Å². The van der Waals surface area contributed by atoms with Gasteiger partial charge in [0.2, 0.25) is 0 Å².